The summed E-state index contributed by atoms with van der Waals surface area (Å²) in [6, 6.07) is 7.78. The molecule has 1 heterocycles. The zero-order valence-corrected chi connectivity index (χ0v) is 12.3. The molecule has 3 N–H and O–H groups in total. The third-order valence-electron chi connectivity index (χ3n) is 3.21. The average molecular weight is 272 g/mol. The molecule has 0 aliphatic heterocycles. The van der Waals surface area contributed by atoms with Crippen LogP contribution >= 0.6 is 0 Å². The number of amides is 1. The van der Waals surface area contributed by atoms with Gasteiger partial charge in [0.05, 0.1) is 6.20 Å². The van der Waals surface area contributed by atoms with Crippen LogP contribution in [0, 0.1) is 0 Å². The number of anilines is 2. The Morgan fingerprint density at radius 1 is 1.30 bits per heavy atom. The molecule has 0 aliphatic carbocycles. The number of aromatic nitrogens is 2. The molecule has 106 valence electrons. The zero-order valence-electron chi connectivity index (χ0n) is 12.3. The van der Waals surface area contributed by atoms with Crippen LogP contribution in [0.3, 0.4) is 0 Å². The summed E-state index contributed by atoms with van der Waals surface area (Å²) in [5, 5.41) is 6.90. The normalized spacial score (nSPS) is 11.4. The molecule has 2 aromatic rings. The summed E-state index contributed by atoms with van der Waals surface area (Å²) in [4.78, 5) is 12.3. The summed E-state index contributed by atoms with van der Waals surface area (Å²) >= 11 is 0. The van der Waals surface area contributed by atoms with Crippen LogP contribution in [0.25, 0.3) is 0 Å². The Hall–Kier alpha value is -2.30. The molecule has 0 fully saturated rings. The standard InChI is InChI=1S/C15H20N4O/c1-15(2,3)11-7-5-6-8-12(11)18-14(20)10-9-17-19(4)13(10)16/h5-9H,16H2,1-4H3,(H,18,20). The summed E-state index contributed by atoms with van der Waals surface area (Å²) in [6.07, 6.45) is 1.48. The van der Waals surface area contributed by atoms with Crippen molar-refractivity contribution in [3.63, 3.8) is 0 Å². The van der Waals surface area contributed by atoms with E-state index < -0.39 is 0 Å². The van der Waals surface area contributed by atoms with Crippen molar-refractivity contribution in [1.82, 2.24) is 9.78 Å². The molecule has 0 aliphatic rings. The van der Waals surface area contributed by atoms with E-state index >= 15 is 0 Å². The number of aryl methyl sites for hydroxylation is 1. The van der Waals surface area contributed by atoms with Crippen LogP contribution in [0.4, 0.5) is 11.5 Å². The van der Waals surface area contributed by atoms with Crippen LogP contribution in [0.15, 0.2) is 30.5 Å². The number of hydrogen-bond donors (Lipinski definition) is 2. The molecule has 0 bridgehead atoms. The van der Waals surface area contributed by atoms with Crippen molar-refractivity contribution in [2.24, 2.45) is 7.05 Å². The first-order chi connectivity index (χ1) is 9.30. The van der Waals surface area contributed by atoms with Crippen LogP contribution in [0.1, 0.15) is 36.7 Å². The van der Waals surface area contributed by atoms with Gasteiger partial charge in [-0.1, -0.05) is 39.0 Å². The molecule has 1 aromatic heterocycles. The summed E-state index contributed by atoms with van der Waals surface area (Å²) in [7, 11) is 1.70. The third-order valence-corrected chi connectivity index (χ3v) is 3.21. The average Bonchev–Trinajstić information content (AvgIpc) is 2.69. The molecule has 1 amide bonds. The minimum Gasteiger partial charge on any atom is -0.383 e. The van der Waals surface area contributed by atoms with Crippen LogP contribution in [-0.4, -0.2) is 15.7 Å². The number of benzene rings is 1. The highest BCUT2D eigenvalue weighted by atomic mass is 16.1. The molecular formula is C15H20N4O. The maximum absolute atomic E-state index is 12.3. The fourth-order valence-electron chi connectivity index (χ4n) is 2.06. The predicted octanol–water partition coefficient (Wildman–Crippen LogP) is 2.55. The van der Waals surface area contributed by atoms with Gasteiger partial charge in [0.2, 0.25) is 0 Å². The number of nitrogens with two attached hydrogens (primary N) is 1. The van der Waals surface area contributed by atoms with E-state index in [-0.39, 0.29) is 11.3 Å². The molecule has 0 saturated heterocycles. The molecule has 0 unspecified atom stereocenters. The van der Waals surface area contributed by atoms with Gasteiger partial charge in [0.15, 0.2) is 0 Å². The second kappa shape index (κ2) is 5.00. The van der Waals surface area contributed by atoms with Gasteiger partial charge < -0.3 is 11.1 Å². The van der Waals surface area contributed by atoms with Crippen LogP contribution in [-0.2, 0) is 12.5 Å². The summed E-state index contributed by atoms with van der Waals surface area (Å²) in [6.45, 7) is 6.32. The topological polar surface area (TPSA) is 72.9 Å². The van der Waals surface area contributed by atoms with Gasteiger partial charge in [0.1, 0.15) is 11.4 Å². The zero-order chi connectivity index (χ0) is 14.9. The van der Waals surface area contributed by atoms with Crippen molar-refractivity contribution in [3.05, 3.63) is 41.6 Å². The summed E-state index contributed by atoms with van der Waals surface area (Å²) in [5.41, 5.74) is 8.03. The maximum Gasteiger partial charge on any atom is 0.261 e. The number of hydrogen-bond acceptors (Lipinski definition) is 3. The van der Waals surface area contributed by atoms with Gasteiger partial charge in [-0.2, -0.15) is 5.10 Å². The van der Waals surface area contributed by atoms with Gasteiger partial charge in [0.25, 0.3) is 5.91 Å². The van der Waals surface area contributed by atoms with E-state index in [0.717, 1.165) is 11.3 Å². The van der Waals surface area contributed by atoms with E-state index in [9.17, 15) is 4.79 Å². The lowest BCUT2D eigenvalue weighted by Crippen LogP contribution is -2.19. The second-order valence-electron chi connectivity index (χ2n) is 5.82. The van der Waals surface area contributed by atoms with Gasteiger partial charge in [0, 0.05) is 12.7 Å². The van der Waals surface area contributed by atoms with Crippen LogP contribution in [0.2, 0.25) is 0 Å². The molecule has 5 heteroatoms. The van der Waals surface area contributed by atoms with E-state index in [0.29, 0.717) is 11.4 Å². The quantitative estimate of drug-likeness (QED) is 0.882. The Balaban J connectivity index is 2.32. The van der Waals surface area contributed by atoms with Crippen molar-refractivity contribution < 1.29 is 4.79 Å². The number of carbonyl (C=O) groups excluding carboxylic acids is 1. The van der Waals surface area contributed by atoms with Gasteiger partial charge >= 0.3 is 0 Å². The fourth-order valence-corrected chi connectivity index (χ4v) is 2.06. The molecule has 5 nitrogen and oxygen atoms in total. The van der Waals surface area contributed by atoms with E-state index in [1.807, 2.05) is 24.3 Å². The SMILES string of the molecule is Cn1ncc(C(=O)Nc2ccccc2C(C)(C)C)c1N. The molecule has 0 saturated carbocycles. The maximum atomic E-state index is 12.3. The number of carbonyl (C=O) groups is 1. The van der Waals surface area contributed by atoms with Crippen molar-refractivity contribution in [1.29, 1.82) is 0 Å². The Bertz CT molecular complexity index is 638. The molecular weight excluding hydrogens is 252 g/mol. The molecule has 20 heavy (non-hydrogen) atoms. The molecule has 0 atom stereocenters. The van der Waals surface area contributed by atoms with Gasteiger partial charge in [-0.3, -0.25) is 9.48 Å². The van der Waals surface area contributed by atoms with Crippen molar-refractivity contribution in [3.8, 4) is 0 Å². The first-order valence-electron chi connectivity index (χ1n) is 6.49. The molecule has 0 spiro atoms. The lowest BCUT2D eigenvalue weighted by molar-refractivity contribution is 0.102. The van der Waals surface area contributed by atoms with E-state index in [1.54, 1.807) is 7.05 Å². The monoisotopic (exact) mass is 272 g/mol. The predicted molar refractivity (Wildman–Crippen MR) is 80.7 cm³/mol. The number of rotatable bonds is 2. The highest BCUT2D eigenvalue weighted by Gasteiger charge is 2.20. The minimum atomic E-state index is -0.243. The first-order valence-corrected chi connectivity index (χ1v) is 6.49. The van der Waals surface area contributed by atoms with Gasteiger partial charge in [-0.25, -0.2) is 0 Å². The third kappa shape index (κ3) is 2.66. The molecule has 1 aromatic carbocycles. The van der Waals surface area contributed by atoms with Crippen molar-refractivity contribution in [2.45, 2.75) is 26.2 Å². The molecule has 0 radical (unpaired) electrons. The summed E-state index contributed by atoms with van der Waals surface area (Å²) in [5.74, 6) is 0.114. The Morgan fingerprint density at radius 3 is 2.50 bits per heavy atom. The second-order valence-corrected chi connectivity index (χ2v) is 5.82. The van der Waals surface area contributed by atoms with Gasteiger partial charge in [-0.05, 0) is 17.0 Å². The number of nitrogens with one attached hydrogen (secondary N) is 1. The number of nitrogens with zero attached hydrogens (tertiary/aromatic N) is 2. The summed E-state index contributed by atoms with van der Waals surface area (Å²) < 4.78 is 1.48. The van der Waals surface area contributed by atoms with Crippen LogP contribution < -0.4 is 11.1 Å². The molecule has 2 rings (SSSR count). The smallest absolute Gasteiger partial charge is 0.261 e. The number of para-hydroxylation sites is 1. The Kier molecular flexibility index (Phi) is 3.53. The Morgan fingerprint density at radius 2 is 1.95 bits per heavy atom. The lowest BCUT2D eigenvalue weighted by atomic mass is 9.86. The highest BCUT2D eigenvalue weighted by Crippen LogP contribution is 2.29. The fraction of sp³-hybridized carbons (Fsp3) is 0.333. The Labute approximate surface area is 118 Å². The van der Waals surface area contributed by atoms with E-state index in [2.05, 4.69) is 31.2 Å². The first kappa shape index (κ1) is 14.1. The van der Waals surface area contributed by atoms with Crippen molar-refractivity contribution >= 4 is 17.4 Å². The highest BCUT2D eigenvalue weighted by molar-refractivity contribution is 6.07. The van der Waals surface area contributed by atoms with E-state index in [4.69, 9.17) is 5.73 Å². The van der Waals surface area contributed by atoms with E-state index in [1.165, 1.54) is 10.9 Å². The minimum absolute atomic E-state index is 0.0512. The lowest BCUT2D eigenvalue weighted by Gasteiger charge is -2.22. The number of nitrogen functional groups attached to an aromatic ring is 1. The largest absolute Gasteiger partial charge is 0.383 e. The van der Waals surface area contributed by atoms with Gasteiger partial charge in [-0.15, -0.1) is 0 Å². The van der Waals surface area contributed by atoms with Crippen LogP contribution in [0.5, 0.6) is 0 Å². The van der Waals surface area contributed by atoms with Crippen molar-refractivity contribution in [2.75, 3.05) is 11.1 Å².